The Bertz CT molecular complexity index is 2330. The molecule has 0 spiro atoms. The van der Waals surface area contributed by atoms with E-state index >= 15 is 0 Å². The predicted molar refractivity (Wildman–Crippen MR) is 212 cm³/mol. The molecule has 0 fully saturated rings. The van der Waals surface area contributed by atoms with Gasteiger partial charge in [-0.3, -0.25) is 4.99 Å². The summed E-state index contributed by atoms with van der Waals surface area (Å²) in [6.45, 7) is 16.3. The average molecular weight is 689 g/mol. The third-order valence-electron chi connectivity index (χ3n) is 8.81. The number of aliphatic imine (C=N–C) groups is 1. The van der Waals surface area contributed by atoms with E-state index in [9.17, 15) is 0 Å². The van der Waals surface area contributed by atoms with Crippen LogP contribution in [-0.2, 0) is 6.42 Å². The van der Waals surface area contributed by atoms with Crippen LogP contribution in [0.3, 0.4) is 0 Å². The van der Waals surface area contributed by atoms with E-state index in [-0.39, 0.29) is 0 Å². The number of allylic oxidation sites excluding steroid dienone is 1. The van der Waals surface area contributed by atoms with Crippen molar-refractivity contribution in [1.82, 2.24) is 30.0 Å². The largest absolute Gasteiger partial charge is 0.349 e. The summed E-state index contributed by atoms with van der Waals surface area (Å²) in [7, 11) is 3.69. The van der Waals surface area contributed by atoms with Gasteiger partial charge in [-0.15, -0.1) is 10.2 Å². The van der Waals surface area contributed by atoms with Gasteiger partial charge in [-0.05, 0) is 142 Å². The maximum absolute atomic E-state index is 4.58. The molecule has 0 aliphatic heterocycles. The van der Waals surface area contributed by atoms with Gasteiger partial charge in [-0.2, -0.15) is 10.2 Å². The number of aryl methyl sites for hydroxylation is 5. The van der Waals surface area contributed by atoms with Gasteiger partial charge in [-0.1, -0.05) is 29.5 Å². The average Bonchev–Trinajstić information content (AvgIpc) is 3.83. The standard InChI is InChI=1S/C42H44N10/c1-10-31-19-34(39(11-2)45-44-8)22-35(20-31)40(43-7)24-50(9)36-15-30(6)18-38(23-36)52-26-42(47-49-52)33-14-29(5)13-32(21-33)41-25-51(48-46-41)37-16-27(3)12-28(4)17-37/h11-26H,7,10H2,1-6,8-9H3/b39-11-,40-24-,45-44-. The normalized spacial score (nSPS) is 12.2. The number of azo groups is 1. The van der Waals surface area contributed by atoms with Crippen molar-refractivity contribution in [3.05, 3.63) is 136 Å². The van der Waals surface area contributed by atoms with Crippen LogP contribution in [0.4, 0.5) is 5.69 Å². The Labute approximate surface area is 305 Å². The first-order valence-corrected chi connectivity index (χ1v) is 17.3. The predicted octanol–water partition coefficient (Wildman–Crippen LogP) is 9.56. The summed E-state index contributed by atoms with van der Waals surface area (Å²) in [5, 5.41) is 26.4. The summed E-state index contributed by atoms with van der Waals surface area (Å²) in [4.78, 5) is 6.48. The van der Waals surface area contributed by atoms with Gasteiger partial charge in [0.25, 0.3) is 0 Å². The lowest BCUT2D eigenvalue weighted by Gasteiger charge is -2.18. The van der Waals surface area contributed by atoms with Crippen molar-refractivity contribution in [1.29, 1.82) is 0 Å². The molecule has 4 aromatic carbocycles. The monoisotopic (exact) mass is 688 g/mol. The zero-order valence-corrected chi connectivity index (χ0v) is 31.1. The molecule has 0 atom stereocenters. The molecule has 6 rings (SSSR count). The number of hydrogen-bond donors (Lipinski definition) is 0. The molecule has 10 heteroatoms. The third kappa shape index (κ3) is 7.86. The lowest BCUT2D eigenvalue weighted by molar-refractivity contribution is 0.802. The summed E-state index contributed by atoms with van der Waals surface area (Å²) in [6.07, 6.45) is 8.76. The van der Waals surface area contributed by atoms with Gasteiger partial charge in [0.1, 0.15) is 11.4 Å². The third-order valence-corrected chi connectivity index (χ3v) is 8.81. The highest BCUT2D eigenvalue weighted by atomic mass is 15.4. The number of aromatic nitrogens is 6. The van der Waals surface area contributed by atoms with E-state index in [2.05, 4.69) is 155 Å². The molecule has 0 saturated carbocycles. The molecule has 0 radical (unpaired) electrons. The van der Waals surface area contributed by atoms with Crippen LogP contribution in [0.25, 0.3) is 45.3 Å². The van der Waals surface area contributed by atoms with Crippen LogP contribution in [0.15, 0.2) is 113 Å². The van der Waals surface area contributed by atoms with E-state index in [1.165, 1.54) is 16.7 Å². The Morgan fingerprint density at radius 3 is 1.79 bits per heavy atom. The maximum Gasteiger partial charge on any atom is 0.113 e. The highest BCUT2D eigenvalue weighted by Gasteiger charge is 2.14. The molecule has 6 aromatic rings. The fourth-order valence-electron chi connectivity index (χ4n) is 6.33. The van der Waals surface area contributed by atoms with Gasteiger partial charge in [0.15, 0.2) is 0 Å². The lowest BCUT2D eigenvalue weighted by Crippen LogP contribution is -2.10. The summed E-state index contributed by atoms with van der Waals surface area (Å²) < 4.78 is 3.63. The van der Waals surface area contributed by atoms with E-state index in [1.807, 2.05) is 48.0 Å². The molecule has 0 unspecified atom stereocenters. The van der Waals surface area contributed by atoms with Gasteiger partial charge in [-0.25, -0.2) is 9.36 Å². The SMILES string of the molecule is C=N/C(=C\N(C)c1cc(C)cc(-n2cc(-c3cc(C)cc(-c4cn(-c5cc(C)cc(C)c5)nn4)c3)nn2)c1)c1cc(CC)cc(C(=C/C)/N=N\C)c1. The molecule has 0 aliphatic rings. The fraction of sp³-hybridized carbons (Fsp3) is 0.214. The molecular weight excluding hydrogens is 645 g/mol. The second-order valence-corrected chi connectivity index (χ2v) is 13.1. The van der Waals surface area contributed by atoms with Crippen LogP contribution >= 0.6 is 0 Å². The van der Waals surface area contributed by atoms with Crippen molar-refractivity contribution >= 4 is 23.8 Å². The molecule has 0 amide bonds. The Morgan fingerprint density at radius 2 is 1.25 bits per heavy atom. The quantitative estimate of drug-likeness (QED) is 0.0997. The smallest absolute Gasteiger partial charge is 0.113 e. The lowest BCUT2D eigenvalue weighted by atomic mass is 10.0. The van der Waals surface area contributed by atoms with E-state index < -0.39 is 0 Å². The Morgan fingerprint density at radius 1 is 0.712 bits per heavy atom. The molecule has 262 valence electrons. The summed E-state index contributed by atoms with van der Waals surface area (Å²) >= 11 is 0. The molecule has 0 bridgehead atoms. The van der Waals surface area contributed by atoms with Crippen molar-refractivity contribution in [3.8, 4) is 33.9 Å². The van der Waals surface area contributed by atoms with Crippen LogP contribution < -0.4 is 4.90 Å². The van der Waals surface area contributed by atoms with Crippen molar-refractivity contribution in [2.45, 2.75) is 48.0 Å². The number of rotatable bonds is 11. The number of hydrogen-bond acceptors (Lipinski definition) is 8. The van der Waals surface area contributed by atoms with E-state index in [4.69, 9.17) is 0 Å². The number of anilines is 1. The fourth-order valence-corrected chi connectivity index (χ4v) is 6.33. The first-order chi connectivity index (χ1) is 25.1. The maximum atomic E-state index is 4.58. The number of nitrogens with zero attached hydrogens (tertiary/aromatic N) is 10. The Kier molecular flexibility index (Phi) is 10.5. The van der Waals surface area contributed by atoms with E-state index in [0.717, 1.165) is 79.6 Å². The van der Waals surface area contributed by atoms with Crippen LogP contribution in [0, 0.1) is 27.7 Å². The summed E-state index contributed by atoms with van der Waals surface area (Å²) in [5.41, 5.74) is 15.5. The van der Waals surface area contributed by atoms with Gasteiger partial charge in [0.2, 0.25) is 0 Å². The minimum atomic E-state index is 0.748. The van der Waals surface area contributed by atoms with Gasteiger partial charge in [0, 0.05) is 48.2 Å². The van der Waals surface area contributed by atoms with Crippen LogP contribution in [0.1, 0.15) is 52.8 Å². The second kappa shape index (κ2) is 15.3. The van der Waals surface area contributed by atoms with Crippen molar-refractivity contribution < 1.29 is 0 Å². The van der Waals surface area contributed by atoms with Crippen LogP contribution in [-0.4, -0.2) is 50.8 Å². The highest BCUT2D eigenvalue weighted by molar-refractivity contribution is 5.76. The second-order valence-electron chi connectivity index (χ2n) is 13.1. The molecule has 2 heterocycles. The first-order valence-electron chi connectivity index (χ1n) is 17.3. The van der Waals surface area contributed by atoms with E-state index in [1.54, 1.807) is 7.05 Å². The summed E-state index contributed by atoms with van der Waals surface area (Å²) in [6, 6.07) is 25.4. The topological polar surface area (TPSA) is 102 Å². The first kappa shape index (κ1) is 35.5. The van der Waals surface area contributed by atoms with E-state index in [0.29, 0.717) is 0 Å². The van der Waals surface area contributed by atoms with Crippen LogP contribution in [0.5, 0.6) is 0 Å². The van der Waals surface area contributed by atoms with Crippen molar-refractivity contribution in [2.75, 3.05) is 19.0 Å². The molecule has 0 saturated heterocycles. The van der Waals surface area contributed by atoms with Gasteiger partial charge in [0.05, 0.1) is 35.2 Å². The van der Waals surface area contributed by atoms with Gasteiger partial charge >= 0.3 is 0 Å². The minimum Gasteiger partial charge on any atom is -0.349 e. The van der Waals surface area contributed by atoms with Crippen LogP contribution in [0.2, 0.25) is 0 Å². The number of benzene rings is 4. The molecular formula is C42H44N10. The van der Waals surface area contributed by atoms with Crippen molar-refractivity contribution in [3.63, 3.8) is 0 Å². The molecule has 0 N–H and O–H groups in total. The van der Waals surface area contributed by atoms with Gasteiger partial charge < -0.3 is 4.90 Å². The molecule has 10 nitrogen and oxygen atoms in total. The van der Waals surface area contributed by atoms with Crippen molar-refractivity contribution in [2.24, 2.45) is 15.2 Å². The zero-order chi connectivity index (χ0) is 36.9. The Balaban J connectivity index is 1.29. The highest BCUT2D eigenvalue weighted by Crippen LogP contribution is 2.30. The zero-order valence-electron chi connectivity index (χ0n) is 31.1. The molecule has 2 aromatic heterocycles. The molecule has 52 heavy (non-hydrogen) atoms. The minimum absolute atomic E-state index is 0.748. The Hall–Kier alpha value is -6.29. The molecule has 0 aliphatic carbocycles. The summed E-state index contributed by atoms with van der Waals surface area (Å²) in [5.74, 6) is 0.